The summed E-state index contributed by atoms with van der Waals surface area (Å²) in [6, 6.07) is 19.5. The van der Waals surface area contributed by atoms with E-state index in [0.717, 1.165) is 5.56 Å². The van der Waals surface area contributed by atoms with Gasteiger partial charge in [0, 0.05) is 16.3 Å². The van der Waals surface area contributed by atoms with Crippen molar-refractivity contribution in [2.24, 2.45) is 4.40 Å². The summed E-state index contributed by atoms with van der Waals surface area (Å²) in [5.74, 6) is -0.891. The largest absolute Gasteiger partial charge is 0.452 e. The van der Waals surface area contributed by atoms with Gasteiger partial charge in [-0.3, -0.25) is 4.79 Å². The zero-order valence-corrected chi connectivity index (χ0v) is 19.6. The summed E-state index contributed by atoms with van der Waals surface area (Å²) < 4.78 is 33.2. The minimum atomic E-state index is -3.73. The van der Waals surface area contributed by atoms with Crippen LogP contribution in [0.25, 0.3) is 0 Å². The van der Waals surface area contributed by atoms with Crippen molar-refractivity contribution in [3.05, 3.63) is 94.5 Å². The zero-order valence-electron chi connectivity index (χ0n) is 18.0. The van der Waals surface area contributed by atoms with Crippen LogP contribution in [0.15, 0.2) is 82.1 Å². The van der Waals surface area contributed by atoms with Gasteiger partial charge in [0.1, 0.15) is 4.90 Å². The number of nitrogens with one attached hydrogen (secondary N) is 2. The van der Waals surface area contributed by atoms with Crippen LogP contribution in [-0.4, -0.2) is 32.7 Å². The molecular weight excluding hydrogens is 478 g/mol. The molecule has 3 aromatic carbocycles. The number of esters is 1. The van der Waals surface area contributed by atoms with E-state index < -0.39 is 28.5 Å². The molecule has 0 saturated carbocycles. The first-order valence-electron chi connectivity index (χ1n) is 10.3. The van der Waals surface area contributed by atoms with Crippen molar-refractivity contribution in [3.63, 3.8) is 0 Å². The fourth-order valence-electron chi connectivity index (χ4n) is 3.35. The van der Waals surface area contributed by atoms with Crippen LogP contribution in [0.4, 0.5) is 5.69 Å². The molecule has 1 amide bonds. The normalized spacial score (nSPS) is 14.5. The summed E-state index contributed by atoms with van der Waals surface area (Å²) in [7, 11) is -3.73. The van der Waals surface area contributed by atoms with Crippen molar-refractivity contribution < 1.29 is 22.7 Å². The lowest BCUT2D eigenvalue weighted by atomic mass is 10.1. The van der Waals surface area contributed by atoms with E-state index >= 15 is 0 Å². The number of rotatable bonds is 6. The summed E-state index contributed by atoms with van der Waals surface area (Å²) in [4.78, 5) is 24.6. The lowest BCUT2D eigenvalue weighted by Crippen LogP contribution is -2.31. The van der Waals surface area contributed by atoms with Crippen molar-refractivity contribution in [1.82, 2.24) is 5.32 Å². The van der Waals surface area contributed by atoms with Crippen LogP contribution in [-0.2, 0) is 19.6 Å². The maximum Gasteiger partial charge on any atom is 0.338 e. The SMILES string of the molecule is CC(NC(=O)COC(=O)c1ccc(NC2=NS(=O)(=O)c3ccccc32)cc1)c1ccc(Cl)cc1. The lowest BCUT2D eigenvalue weighted by molar-refractivity contribution is -0.124. The molecular formula is C24H20ClN3O5S. The molecule has 1 aliphatic heterocycles. The van der Waals surface area contributed by atoms with Gasteiger partial charge in [-0.25, -0.2) is 4.79 Å². The van der Waals surface area contributed by atoms with Gasteiger partial charge in [0.25, 0.3) is 15.9 Å². The molecule has 0 spiro atoms. The topological polar surface area (TPSA) is 114 Å². The molecule has 3 aromatic rings. The maximum absolute atomic E-state index is 12.3. The van der Waals surface area contributed by atoms with Crippen LogP contribution in [0.1, 0.15) is 34.5 Å². The number of nitrogens with zero attached hydrogens (tertiary/aromatic N) is 1. The Kier molecular flexibility index (Phi) is 6.67. The number of hydrogen-bond acceptors (Lipinski definition) is 6. The van der Waals surface area contributed by atoms with Gasteiger partial charge in [-0.05, 0) is 61.0 Å². The number of anilines is 1. The number of benzene rings is 3. The van der Waals surface area contributed by atoms with E-state index in [1.165, 1.54) is 18.2 Å². The maximum atomic E-state index is 12.3. The average molecular weight is 498 g/mol. The van der Waals surface area contributed by atoms with E-state index in [2.05, 4.69) is 15.0 Å². The Balaban J connectivity index is 1.32. The first-order valence-corrected chi connectivity index (χ1v) is 12.1. The Bertz CT molecular complexity index is 1370. The third-order valence-corrected chi connectivity index (χ3v) is 6.68. The number of carbonyl (C=O) groups is 2. The number of amidine groups is 1. The lowest BCUT2D eigenvalue weighted by Gasteiger charge is -2.14. The predicted octanol–water partition coefficient (Wildman–Crippen LogP) is 3.94. The third kappa shape index (κ3) is 5.27. The highest BCUT2D eigenvalue weighted by Gasteiger charge is 2.28. The van der Waals surface area contributed by atoms with Crippen LogP contribution < -0.4 is 10.6 Å². The van der Waals surface area contributed by atoms with Gasteiger partial charge in [-0.15, -0.1) is 4.40 Å². The Morgan fingerprint density at radius 1 is 1.00 bits per heavy atom. The summed E-state index contributed by atoms with van der Waals surface area (Å²) in [6.07, 6.45) is 0. The van der Waals surface area contributed by atoms with Gasteiger partial charge in [-0.1, -0.05) is 35.9 Å². The highest BCUT2D eigenvalue weighted by atomic mass is 35.5. The molecule has 2 N–H and O–H groups in total. The molecule has 0 aliphatic carbocycles. The predicted molar refractivity (Wildman–Crippen MR) is 129 cm³/mol. The van der Waals surface area contributed by atoms with Gasteiger partial charge >= 0.3 is 5.97 Å². The number of fused-ring (bicyclic) bond motifs is 1. The molecule has 0 radical (unpaired) electrons. The number of sulfonamides is 1. The highest BCUT2D eigenvalue weighted by Crippen LogP contribution is 2.26. The molecule has 1 atom stereocenters. The van der Waals surface area contributed by atoms with Crippen molar-refractivity contribution in [2.45, 2.75) is 17.9 Å². The standard InChI is InChI=1S/C24H20ClN3O5S/c1-15(16-6-10-18(25)11-7-16)26-22(29)14-33-24(30)17-8-12-19(13-9-17)27-23-20-4-2-3-5-21(20)34(31,32)28-23/h2-13,15H,14H2,1H3,(H,26,29)(H,27,28). The number of halogens is 1. The second-order valence-corrected chi connectivity index (χ2v) is 9.54. The highest BCUT2D eigenvalue weighted by molar-refractivity contribution is 7.90. The molecule has 1 heterocycles. The van der Waals surface area contributed by atoms with E-state index in [1.807, 2.05) is 6.92 Å². The second-order valence-electron chi connectivity index (χ2n) is 7.53. The van der Waals surface area contributed by atoms with Crippen molar-refractivity contribution in [1.29, 1.82) is 0 Å². The molecule has 0 saturated heterocycles. The molecule has 174 valence electrons. The van der Waals surface area contributed by atoms with Crippen LogP contribution in [0, 0.1) is 0 Å². The molecule has 10 heteroatoms. The minimum Gasteiger partial charge on any atom is -0.452 e. The molecule has 0 fully saturated rings. The molecule has 1 unspecified atom stereocenters. The Hall–Kier alpha value is -3.69. The van der Waals surface area contributed by atoms with Crippen LogP contribution in [0.3, 0.4) is 0 Å². The van der Waals surface area contributed by atoms with E-state index in [9.17, 15) is 18.0 Å². The monoisotopic (exact) mass is 497 g/mol. The fraction of sp³-hybridized carbons (Fsp3) is 0.125. The first-order chi connectivity index (χ1) is 16.2. The van der Waals surface area contributed by atoms with E-state index in [0.29, 0.717) is 16.3 Å². The molecule has 34 heavy (non-hydrogen) atoms. The fourth-order valence-corrected chi connectivity index (χ4v) is 4.66. The summed E-state index contributed by atoms with van der Waals surface area (Å²) in [6.45, 7) is 1.38. The van der Waals surface area contributed by atoms with Crippen molar-refractivity contribution in [3.8, 4) is 0 Å². The number of amides is 1. The summed E-state index contributed by atoms with van der Waals surface area (Å²) in [5, 5.41) is 6.31. The zero-order chi connectivity index (χ0) is 24.3. The first kappa shape index (κ1) is 23.5. The molecule has 4 rings (SSSR count). The van der Waals surface area contributed by atoms with Crippen molar-refractivity contribution in [2.75, 3.05) is 11.9 Å². The Morgan fingerprint density at radius 2 is 1.68 bits per heavy atom. The third-order valence-electron chi connectivity index (χ3n) is 5.10. The Morgan fingerprint density at radius 3 is 2.38 bits per heavy atom. The molecule has 1 aliphatic rings. The molecule has 0 aromatic heterocycles. The van der Waals surface area contributed by atoms with Gasteiger partial charge < -0.3 is 15.4 Å². The van der Waals surface area contributed by atoms with Crippen LogP contribution in [0.5, 0.6) is 0 Å². The van der Waals surface area contributed by atoms with Gasteiger partial charge in [0.05, 0.1) is 11.6 Å². The number of hydrogen-bond donors (Lipinski definition) is 2. The quantitative estimate of drug-likeness (QED) is 0.499. The van der Waals surface area contributed by atoms with E-state index in [-0.39, 0.29) is 22.3 Å². The second kappa shape index (κ2) is 9.66. The van der Waals surface area contributed by atoms with E-state index in [4.69, 9.17) is 16.3 Å². The summed E-state index contributed by atoms with van der Waals surface area (Å²) in [5.41, 5.74) is 2.13. The van der Waals surface area contributed by atoms with E-state index in [1.54, 1.807) is 54.6 Å². The number of ether oxygens (including phenoxy) is 1. The van der Waals surface area contributed by atoms with Crippen molar-refractivity contribution >= 4 is 45.0 Å². The minimum absolute atomic E-state index is 0.140. The molecule has 8 nitrogen and oxygen atoms in total. The smallest absolute Gasteiger partial charge is 0.338 e. The van der Waals surface area contributed by atoms with Crippen LogP contribution in [0.2, 0.25) is 5.02 Å². The van der Waals surface area contributed by atoms with Gasteiger partial charge in [0.15, 0.2) is 12.4 Å². The summed E-state index contributed by atoms with van der Waals surface area (Å²) >= 11 is 5.87. The Labute approximate surface area is 201 Å². The molecule has 0 bridgehead atoms. The van der Waals surface area contributed by atoms with Gasteiger partial charge in [-0.2, -0.15) is 8.42 Å². The van der Waals surface area contributed by atoms with Crippen LogP contribution >= 0.6 is 11.6 Å². The van der Waals surface area contributed by atoms with Gasteiger partial charge in [0.2, 0.25) is 0 Å². The number of carbonyl (C=O) groups excluding carboxylic acids is 2. The average Bonchev–Trinajstić information content (AvgIpc) is 3.08.